The summed E-state index contributed by atoms with van der Waals surface area (Å²) in [5, 5.41) is 0. The standard InChI is InChI=1S/C27H23N/c1-28(2)25-19-11-17-23-22-16-9-10-18-24(22)27(26(23)25,20-12-5-3-6-13-20)21-14-7-4-8-15-21/h3-19H,1-2H3. The molecule has 0 atom stereocenters. The Hall–Kier alpha value is -3.32. The van der Waals surface area contributed by atoms with Crippen LogP contribution in [0.4, 0.5) is 5.69 Å². The maximum Gasteiger partial charge on any atom is 0.0733 e. The molecule has 0 amide bonds. The highest BCUT2D eigenvalue weighted by Crippen LogP contribution is 2.58. The molecule has 0 aromatic heterocycles. The average Bonchev–Trinajstić information content (AvgIpc) is 3.06. The summed E-state index contributed by atoms with van der Waals surface area (Å²) >= 11 is 0. The van der Waals surface area contributed by atoms with Crippen LogP contribution >= 0.6 is 0 Å². The fraction of sp³-hybridized carbons (Fsp3) is 0.111. The van der Waals surface area contributed by atoms with Crippen LogP contribution in [0.15, 0.2) is 103 Å². The topological polar surface area (TPSA) is 3.24 Å². The lowest BCUT2D eigenvalue weighted by Crippen LogP contribution is -2.30. The van der Waals surface area contributed by atoms with Gasteiger partial charge in [-0.3, -0.25) is 0 Å². The molecule has 0 N–H and O–H groups in total. The largest absolute Gasteiger partial charge is 0.377 e. The molecule has 136 valence electrons. The van der Waals surface area contributed by atoms with Crippen molar-refractivity contribution in [1.82, 2.24) is 0 Å². The van der Waals surface area contributed by atoms with Gasteiger partial charge in [-0.05, 0) is 33.9 Å². The van der Waals surface area contributed by atoms with Crippen LogP contribution in [-0.4, -0.2) is 14.1 Å². The maximum atomic E-state index is 2.30. The molecular formula is C27H23N. The van der Waals surface area contributed by atoms with Gasteiger partial charge in [0.15, 0.2) is 0 Å². The third-order valence-electron chi connectivity index (χ3n) is 5.93. The van der Waals surface area contributed by atoms with Gasteiger partial charge in [-0.15, -0.1) is 0 Å². The summed E-state index contributed by atoms with van der Waals surface area (Å²) in [4.78, 5) is 2.24. The summed E-state index contributed by atoms with van der Waals surface area (Å²) in [6.07, 6.45) is 0. The molecule has 0 spiro atoms. The van der Waals surface area contributed by atoms with Crippen molar-refractivity contribution in [2.24, 2.45) is 0 Å². The first kappa shape index (κ1) is 16.8. The Morgan fingerprint density at radius 2 is 1.07 bits per heavy atom. The molecule has 0 radical (unpaired) electrons. The van der Waals surface area contributed by atoms with E-state index in [9.17, 15) is 0 Å². The van der Waals surface area contributed by atoms with Crippen LogP contribution in [0, 0.1) is 0 Å². The minimum absolute atomic E-state index is 0.324. The number of anilines is 1. The summed E-state index contributed by atoms with van der Waals surface area (Å²) in [6.45, 7) is 0. The molecular weight excluding hydrogens is 338 g/mol. The van der Waals surface area contributed by atoms with Gasteiger partial charge in [0.25, 0.3) is 0 Å². The quantitative estimate of drug-likeness (QED) is 0.374. The molecule has 0 saturated heterocycles. The third kappa shape index (κ3) is 2.20. The Bertz CT molecular complexity index is 1090. The molecule has 1 nitrogen and oxygen atoms in total. The number of hydrogen-bond donors (Lipinski definition) is 0. The van der Waals surface area contributed by atoms with Crippen molar-refractivity contribution >= 4 is 5.69 Å². The fourth-order valence-electron chi connectivity index (χ4n) is 4.85. The zero-order valence-corrected chi connectivity index (χ0v) is 16.3. The van der Waals surface area contributed by atoms with E-state index in [0.717, 1.165) is 0 Å². The van der Waals surface area contributed by atoms with E-state index in [0.29, 0.717) is 0 Å². The first-order valence-corrected chi connectivity index (χ1v) is 9.76. The SMILES string of the molecule is CN(C)c1cccc2c1C(c1ccccc1)(c1ccccc1)c1ccccc1-2. The molecule has 1 aliphatic rings. The van der Waals surface area contributed by atoms with Gasteiger partial charge >= 0.3 is 0 Å². The maximum absolute atomic E-state index is 2.30. The van der Waals surface area contributed by atoms with Crippen molar-refractivity contribution in [3.05, 3.63) is 125 Å². The van der Waals surface area contributed by atoms with Crippen LogP contribution in [0.1, 0.15) is 22.3 Å². The second-order valence-corrected chi connectivity index (χ2v) is 7.62. The summed E-state index contributed by atoms with van der Waals surface area (Å²) in [6, 6.07) is 37.5. The summed E-state index contributed by atoms with van der Waals surface area (Å²) in [7, 11) is 4.28. The van der Waals surface area contributed by atoms with E-state index in [1.165, 1.54) is 39.1 Å². The number of nitrogens with zero attached hydrogens (tertiary/aromatic N) is 1. The molecule has 0 fully saturated rings. The predicted octanol–water partition coefficient (Wildman–Crippen LogP) is 6.12. The van der Waals surface area contributed by atoms with E-state index in [4.69, 9.17) is 0 Å². The highest BCUT2D eigenvalue weighted by molar-refractivity contribution is 5.90. The first-order valence-electron chi connectivity index (χ1n) is 9.76. The van der Waals surface area contributed by atoms with Gasteiger partial charge in [0.05, 0.1) is 5.41 Å². The second-order valence-electron chi connectivity index (χ2n) is 7.62. The molecule has 0 heterocycles. The van der Waals surface area contributed by atoms with E-state index in [1.54, 1.807) is 0 Å². The molecule has 4 aromatic carbocycles. The van der Waals surface area contributed by atoms with Crippen molar-refractivity contribution in [3.8, 4) is 11.1 Å². The number of fused-ring (bicyclic) bond motifs is 3. The van der Waals surface area contributed by atoms with Crippen LogP contribution in [0.2, 0.25) is 0 Å². The van der Waals surface area contributed by atoms with Crippen LogP contribution in [0.25, 0.3) is 11.1 Å². The molecule has 0 unspecified atom stereocenters. The Morgan fingerprint density at radius 1 is 0.536 bits per heavy atom. The molecule has 28 heavy (non-hydrogen) atoms. The van der Waals surface area contributed by atoms with E-state index < -0.39 is 0 Å². The summed E-state index contributed by atoms with van der Waals surface area (Å²) in [5.74, 6) is 0. The van der Waals surface area contributed by atoms with Crippen LogP contribution < -0.4 is 4.90 Å². The molecule has 1 heteroatoms. The van der Waals surface area contributed by atoms with Crippen molar-refractivity contribution < 1.29 is 0 Å². The van der Waals surface area contributed by atoms with Gasteiger partial charge in [-0.1, -0.05) is 97.1 Å². The van der Waals surface area contributed by atoms with Crippen molar-refractivity contribution in [3.63, 3.8) is 0 Å². The van der Waals surface area contributed by atoms with Crippen molar-refractivity contribution in [2.75, 3.05) is 19.0 Å². The molecule has 4 aromatic rings. The van der Waals surface area contributed by atoms with Gasteiger partial charge in [0.1, 0.15) is 0 Å². The second kappa shape index (κ2) is 6.38. The van der Waals surface area contributed by atoms with Crippen LogP contribution in [-0.2, 0) is 5.41 Å². The summed E-state index contributed by atoms with van der Waals surface area (Å²) in [5.41, 5.74) is 8.94. The minimum Gasteiger partial charge on any atom is -0.377 e. The normalized spacial score (nSPS) is 13.6. The number of hydrogen-bond acceptors (Lipinski definition) is 1. The monoisotopic (exact) mass is 361 g/mol. The van der Waals surface area contributed by atoms with E-state index in [2.05, 4.69) is 122 Å². The van der Waals surface area contributed by atoms with Crippen molar-refractivity contribution in [1.29, 1.82) is 0 Å². The van der Waals surface area contributed by atoms with Gasteiger partial charge in [0.2, 0.25) is 0 Å². The van der Waals surface area contributed by atoms with E-state index >= 15 is 0 Å². The summed E-state index contributed by atoms with van der Waals surface area (Å²) < 4.78 is 0. The molecule has 5 rings (SSSR count). The van der Waals surface area contributed by atoms with Gasteiger partial charge in [-0.25, -0.2) is 0 Å². The zero-order chi connectivity index (χ0) is 19.1. The van der Waals surface area contributed by atoms with Gasteiger partial charge < -0.3 is 4.90 Å². The molecule has 0 aliphatic heterocycles. The Morgan fingerprint density at radius 3 is 1.68 bits per heavy atom. The predicted molar refractivity (Wildman–Crippen MR) is 118 cm³/mol. The lowest BCUT2D eigenvalue weighted by molar-refractivity contribution is 0.765. The Labute approximate surface area is 166 Å². The highest BCUT2D eigenvalue weighted by Gasteiger charge is 2.47. The fourth-order valence-corrected chi connectivity index (χ4v) is 4.85. The Kier molecular flexibility index (Phi) is 3.84. The first-order chi connectivity index (χ1) is 13.7. The number of benzene rings is 4. The van der Waals surface area contributed by atoms with E-state index in [1.807, 2.05) is 0 Å². The van der Waals surface area contributed by atoms with Crippen LogP contribution in [0.5, 0.6) is 0 Å². The van der Waals surface area contributed by atoms with E-state index in [-0.39, 0.29) is 5.41 Å². The number of rotatable bonds is 3. The molecule has 0 bridgehead atoms. The van der Waals surface area contributed by atoms with Gasteiger partial charge in [-0.2, -0.15) is 0 Å². The average molecular weight is 361 g/mol. The van der Waals surface area contributed by atoms with Crippen molar-refractivity contribution in [2.45, 2.75) is 5.41 Å². The minimum atomic E-state index is -0.324. The lowest BCUT2D eigenvalue weighted by atomic mass is 9.67. The smallest absolute Gasteiger partial charge is 0.0733 e. The molecule has 0 saturated carbocycles. The van der Waals surface area contributed by atoms with Crippen LogP contribution in [0.3, 0.4) is 0 Å². The molecule has 1 aliphatic carbocycles. The third-order valence-corrected chi connectivity index (χ3v) is 5.93. The lowest BCUT2D eigenvalue weighted by Gasteiger charge is -2.36. The highest BCUT2D eigenvalue weighted by atomic mass is 15.1. The Balaban J connectivity index is 2.01. The zero-order valence-electron chi connectivity index (χ0n) is 16.3. The van der Waals surface area contributed by atoms with Gasteiger partial charge in [0, 0.05) is 25.3 Å².